The Labute approximate surface area is 138 Å². The fourth-order valence-corrected chi connectivity index (χ4v) is 2.26. The Bertz CT molecular complexity index is 506. The van der Waals surface area contributed by atoms with E-state index in [4.69, 9.17) is 29.4 Å². The summed E-state index contributed by atoms with van der Waals surface area (Å²) in [7, 11) is 0. The summed E-state index contributed by atoms with van der Waals surface area (Å²) in [5, 5.41) is 0. The molecule has 24 heavy (non-hydrogen) atoms. The molecule has 0 aromatic carbocycles. The third kappa shape index (κ3) is 5.78. The fourth-order valence-electron chi connectivity index (χ4n) is 2.26. The van der Waals surface area contributed by atoms with Crippen LogP contribution < -0.4 is 5.73 Å². The van der Waals surface area contributed by atoms with Crippen molar-refractivity contribution in [1.82, 2.24) is 0 Å². The molecule has 0 radical (unpaired) electrons. The number of rotatable bonds is 5. The third-order valence-corrected chi connectivity index (χ3v) is 3.03. The van der Waals surface area contributed by atoms with Crippen LogP contribution in [-0.4, -0.2) is 61.1 Å². The second kappa shape index (κ2) is 8.60. The largest absolute Gasteiger partial charge is 0.463 e. The van der Waals surface area contributed by atoms with Crippen LogP contribution in [0.3, 0.4) is 0 Å². The summed E-state index contributed by atoms with van der Waals surface area (Å²) in [6, 6.07) is 0. The van der Waals surface area contributed by atoms with Crippen LogP contribution in [0, 0.1) is 0 Å². The van der Waals surface area contributed by atoms with Gasteiger partial charge in [0.25, 0.3) is 0 Å². The molecule has 0 bridgehead atoms. The Morgan fingerprint density at radius 1 is 0.792 bits per heavy atom. The van der Waals surface area contributed by atoms with Crippen molar-refractivity contribution in [2.24, 2.45) is 5.73 Å². The molecule has 0 unspecified atom stereocenters. The van der Waals surface area contributed by atoms with Crippen LogP contribution in [-0.2, 0) is 42.9 Å². The average molecular weight is 347 g/mol. The van der Waals surface area contributed by atoms with E-state index < -0.39 is 54.5 Å². The number of esters is 4. The number of carbonyl (C=O) groups excluding carboxylic acids is 4. The Morgan fingerprint density at radius 3 is 1.71 bits per heavy atom. The number of hydrogen-bond acceptors (Lipinski definition) is 10. The van der Waals surface area contributed by atoms with Crippen LogP contribution in [0.2, 0.25) is 0 Å². The molecule has 0 saturated carbocycles. The normalized spacial score (nSPS) is 29.3. The van der Waals surface area contributed by atoms with Crippen molar-refractivity contribution in [2.75, 3.05) is 6.61 Å². The first-order valence-electron chi connectivity index (χ1n) is 7.18. The first kappa shape index (κ1) is 19.8. The molecule has 10 nitrogen and oxygen atoms in total. The molecule has 0 spiro atoms. The van der Waals surface area contributed by atoms with Gasteiger partial charge in [-0.1, -0.05) is 0 Å². The smallest absolute Gasteiger partial charge is 0.303 e. The van der Waals surface area contributed by atoms with Gasteiger partial charge in [-0.2, -0.15) is 0 Å². The minimum Gasteiger partial charge on any atom is -0.463 e. The topological polar surface area (TPSA) is 140 Å². The lowest BCUT2D eigenvalue weighted by atomic mass is 9.97. The molecule has 1 saturated heterocycles. The minimum absolute atomic E-state index is 0.286. The number of carbonyl (C=O) groups is 4. The summed E-state index contributed by atoms with van der Waals surface area (Å²) in [4.78, 5) is 45.0. The predicted octanol–water partition coefficient (Wildman–Crippen LogP) is -0.972. The van der Waals surface area contributed by atoms with E-state index in [1.165, 1.54) is 6.92 Å². The molecule has 2 N–H and O–H groups in total. The third-order valence-electron chi connectivity index (χ3n) is 3.03. The van der Waals surface area contributed by atoms with E-state index >= 15 is 0 Å². The SMILES string of the molecule is CC(=O)OC[C@@H]1O[C@@H](N)[C@@H](OC(C)=O)[C@@H](OC(C)=O)[C@@H]1OC(C)=O. The lowest BCUT2D eigenvalue weighted by Gasteiger charge is -2.43. The van der Waals surface area contributed by atoms with E-state index in [9.17, 15) is 19.2 Å². The van der Waals surface area contributed by atoms with Crippen molar-refractivity contribution in [3.8, 4) is 0 Å². The number of hydrogen-bond donors (Lipinski definition) is 1. The van der Waals surface area contributed by atoms with Crippen LogP contribution in [0.25, 0.3) is 0 Å². The lowest BCUT2D eigenvalue weighted by Crippen LogP contribution is -2.64. The van der Waals surface area contributed by atoms with E-state index in [2.05, 4.69) is 0 Å². The minimum atomic E-state index is -1.21. The Balaban J connectivity index is 3.11. The van der Waals surface area contributed by atoms with E-state index in [1.54, 1.807) is 0 Å². The summed E-state index contributed by atoms with van der Waals surface area (Å²) in [5.74, 6) is -2.66. The Morgan fingerprint density at radius 2 is 1.25 bits per heavy atom. The lowest BCUT2D eigenvalue weighted by molar-refractivity contribution is -0.251. The van der Waals surface area contributed by atoms with Gasteiger partial charge >= 0.3 is 23.9 Å². The van der Waals surface area contributed by atoms with Gasteiger partial charge in [-0.15, -0.1) is 0 Å². The maximum absolute atomic E-state index is 11.4. The van der Waals surface area contributed by atoms with Crippen LogP contribution >= 0.6 is 0 Å². The Kier molecular flexibility index (Phi) is 7.11. The van der Waals surface area contributed by atoms with Crippen molar-refractivity contribution >= 4 is 23.9 Å². The van der Waals surface area contributed by atoms with Gasteiger partial charge in [0, 0.05) is 27.7 Å². The molecule has 0 aliphatic carbocycles. The molecule has 1 heterocycles. The van der Waals surface area contributed by atoms with E-state index in [0.29, 0.717) is 0 Å². The van der Waals surface area contributed by atoms with Crippen LogP contribution in [0.4, 0.5) is 0 Å². The summed E-state index contributed by atoms with van der Waals surface area (Å²) in [6.07, 6.45) is -5.74. The Hall–Kier alpha value is -2.20. The second-order valence-corrected chi connectivity index (χ2v) is 5.16. The highest BCUT2D eigenvalue weighted by molar-refractivity contribution is 5.68. The van der Waals surface area contributed by atoms with Crippen molar-refractivity contribution in [3.05, 3.63) is 0 Å². The maximum atomic E-state index is 11.4. The highest BCUT2D eigenvalue weighted by Crippen LogP contribution is 2.27. The highest BCUT2D eigenvalue weighted by Gasteiger charge is 2.51. The van der Waals surface area contributed by atoms with Crippen molar-refractivity contribution in [1.29, 1.82) is 0 Å². The first-order chi connectivity index (χ1) is 11.1. The molecule has 10 heteroatoms. The molecule has 1 aliphatic heterocycles. The van der Waals surface area contributed by atoms with Gasteiger partial charge in [-0.05, 0) is 0 Å². The zero-order valence-electron chi connectivity index (χ0n) is 13.8. The molecule has 0 amide bonds. The summed E-state index contributed by atoms with van der Waals surface area (Å²) in [6.45, 7) is 4.32. The van der Waals surface area contributed by atoms with Crippen molar-refractivity contribution in [2.45, 2.75) is 58.3 Å². The standard InChI is InChI=1S/C14H21NO9/c1-6(16)20-5-10-11(21-7(2)17)12(22-8(3)18)13(14(15)24-10)23-9(4)19/h10-14H,5,15H2,1-4H3/t10-,11+,12-,13-,14+/m0/s1. The molecule has 1 aliphatic rings. The quantitative estimate of drug-likeness (QED) is 0.487. The molecule has 5 atom stereocenters. The first-order valence-corrected chi connectivity index (χ1v) is 7.18. The van der Waals surface area contributed by atoms with Crippen LogP contribution in [0.1, 0.15) is 27.7 Å². The van der Waals surface area contributed by atoms with Crippen molar-refractivity contribution < 1.29 is 42.9 Å². The van der Waals surface area contributed by atoms with Gasteiger partial charge in [0.05, 0.1) is 0 Å². The summed E-state index contributed by atoms with van der Waals surface area (Å²) in [5.41, 5.74) is 5.81. The molecule has 0 aromatic heterocycles. The summed E-state index contributed by atoms with van der Waals surface area (Å²) >= 11 is 0. The fraction of sp³-hybridized carbons (Fsp3) is 0.714. The molecule has 1 rings (SSSR count). The van der Waals surface area contributed by atoms with E-state index in [1.807, 2.05) is 0 Å². The van der Waals surface area contributed by atoms with Crippen molar-refractivity contribution in [3.63, 3.8) is 0 Å². The van der Waals surface area contributed by atoms with Gasteiger partial charge in [-0.3, -0.25) is 19.2 Å². The number of nitrogens with two attached hydrogens (primary N) is 1. The number of ether oxygens (including phenoxy) is 5. The summed E-state index contributed by atoms with van der Waals surface area (Å²) < 4.78 is 25.6. The van der Waals surface area contributed by atoms with Gasteiger partial charge < -0.3 is 29.4 Å². The van der Waals surface area contributed by atoms with E-state index in [-0.39, 0.29) is 6.61 Å². The van der Waals surface area contributed by atoms with Gasteiger partial charge in [0.1, 0.15) is 18.9 Å². The molecule has 136 valence electrons. The van der Waals surface area contributed by atoms with Gasteiger partial charge in [-0.25, -0.2) is 0 Å². The average Bonchev–Trinajstić information content (AvgIpc) is 2.42. The monoisotopic (exact) mass is 347 g/mol. The highest BCUT2D eigenvalue weighted by atomic mass is 16.7. The zero-order chi connectivity index (χ0) is 18.4. The second-order valence-electron chi connectivity index (χ2n) is 5.16. The van der Waals surface area contributed by atoms with E-state index in [0.717, 1.165) is 20.8 Å². The molecule has 0 aromatic rings. The van der Waals surface area contributed by atoms with Gasteiger partial charge in [0.15, 0.2) is 18.3 Å². The molecular formula is C14H21NO9. The van der Waals surface area contributed by atoms with Gasteiger partial charge in [0.2, 0.25) is 0 Å². The van der Waals surface area contributed by atoms with Crippen LogP contribution in [0.5, 0.6) is 0 Å². The molecule has 1 fully saturated rings. The van der Waals surface area contributed by atoms with Crippen LogP contribution in [0.15, 0.2) is 0 Å². The predicted molar refractivity (Wildman–Crippen MR) is 76.1 cm³/mol. The maximum Gasteiger partial charge on any atom is 0.303 e. The molecular weight excluding hydrogens is 326 g/mol. The zero-order valence-corrected chi connectivity index (χ0v) is 13.8.